The van der Waals surface area contributed by atoms with Crippen LogP contribution in [0.3, 0.4) is 0 Å². The lowest BCUT2D eigenvalue weighted by Gasteiger charge is -2.20. The molecule has 0 unspecified atom stereocenters. The van der Waals surface area contributed by atoms with Crippen LogP contribution >= 0.6 is 11.6 Å². The highest BCUT2D eigenvalue weighted by molar-refractivity contribution is 6.32. The fourth-order valence-electron chi connectivity index (χ4n) is 2.24. The Morgan fingerprint density at radius 1 is 1.47 bits per heavy atom. The number of aliphatic hydroxyl groups excluding tert-OH is 1. The summed E-state index contributed by atoms with van der Waals surface area (Å²) in [6.45, 7) is 1.88. The average Bonchev–Trinajstić information content (AvgIpc) is 2.71. The molecule has 0 heterocycles. The summed E-state index contributed by atoms with van der Waals surface area (Å²) in [5.74, 6) is 0. The molecule has 0 aliphatic heterocycles. The van der Waals surface area contributed by atoms with E-state index in [0.29, 0.717) is 10.6 Å². The summed E-state index contributed by atoms with van der Waals surface area (Å²) in [6.07, 6.45) is 2.57. The quantitative estimate of drug-likeness (QED) is 0.849. The van der Waals surface area contributed by atoms with Crippen molar-refractivity contribution in [3.05, 3.63) is 28.3 Å². The molecule has 2 rings (SSSR count). The molecule has 1 aliphatic rings. The molecule has 0 bridgehead atoms. The molecular formula is C13H15ClN2O. The van der Waals surface area contributed by atoms with Crippen LogP contribution in [0, 0.1) is 18.3 Å². The SMILES string of the molecule is Cc1c(N[C@@H]2CCC[C@@H]2O)ccc(C#N)c1Cl. The first-order chi connectivity index (χ1) is 8.13. The normalized spacial score (nSPS) is 23.4. The van der Waals surface area contributed by atoms with Crippen molar-refractivity contribution in [1.29, 1.82) is 5.26 Å². The maximum atomic E-state index is 9.76. The van der Waals surface area contributed by atoms with Gasteiger partial charge in [0, 0.05) is 5.69 Å². The highest BCUT2D eigenvalue weighted by atomic mass is 35.5. The second-order valence-corrected chi connectivity index (χ2v) is 4.84. The molecule has 0 aromatic heterocycles. The Balaban J connectivity index is 2.22. The number of aliphatic hydroxyl groups is 1. The van der Waals surface area contributed by atoms with Crippen molar-refractivity contribution >= 4 is 17.3 Å². The van der Waals surface area contributed by atoms with Crippen LogP contribution < -0.4 is 5.32 Å². The van der Waals surface area contributed by atoms with Gasteiger partial charge in [-0.3, -0.25) is 0 Å². The van der Waals surface area contributed by atoms with Crippen LogP contribution in [-0.2, 0) is 0 Å². The van der Waals surface area contributed by atoms with Crippen molar-refractivity contribution in [3.8, 4) is 6.07 Å². The predicted molar refractivity (Wildman–Crippen MR) is 68.2 cm³/mol. The molecule has 0 spiro atoms. The standard InChI is InChI=1S/C13H15ClN2O/c1-8-10(6-5-9(7-15)13(8)14)16-11-3-2-4-12(11)17/h5-6,11-12,16-17H,2-4H2,1H3/t11-,12+/m1/s1. The first-order valence-electron chi connectivity index (χ1n) is 5.77. The Bertz CT molecular complexity index is 467. The minimum atomic E-state index is -0.288. The van der Waals surface area contributed by atoms with Crippen LogP contribution in [0.1, 0.15) is 30.4 Å². The zero-order chi connectivity index (χ0) is 12.4. The first kappa shape index (κ1) is 12.2. The molecule has 2 N–H and O–H groups in total. The Labute approximate surface area is 106 Å². The summed E-state index contributed by atoms with van der Waals surface area (Å²) in [5, 5.41) is 22.4. The van der Waals surface area contributed by atoms with Gasteiger partial charge in [0.25, 0.3) is 0 Å². The summed E-state index contributed by atoms with van der Waals surface area (Å²) in [4.78, 5) is 0. The summed E-state index contributed by atoms with van der Waals surface area (Å²) in [5.41, 5.74) is 2.26. The average molecular weight is 251 g/mol. The molecule has 1 saturated carbocycles. The van der Waals surface area contributed by atoms with E-state index < -0.39 is 0 Å². The molecule has 1 aliphatic carbocycles. The van der Waals surface area contributed by atoms with E-state index in [-0.39, 0.29) is 12.1 Å². The Morgan fingerprint density at radius 2 is 2.24 bits per heavy atom. The van der Waals surface area contributed by atoms with E-state index in [4.69, 9.17) is 16.9 Å². The number of hydrogen-bond acceptors (Lipinski definition) is 3. The van der Waals surface area contributed by atoms with Crippen molar-refractivity contribution in [2.45, 2.75) is 38.3 Å². The van der Waals surface area contributed by atoms with Gasteiger partial charge in [0.2, 0.25) is 0 Å². The number of hydrogen-bond donors (Lipinski definition) is 2. The maximum Gasteiger partial charge on any atom is 0.101 e. The molecule has 17 heavy (non-hydrogen) atoms. The number of nitriles is 1. The monoisotopic (exact) mass is 250 g/mol. The Kier molecular flexibility index (Phi) is 3.56. The van der Waals surface area contributed by atoms with Crippen molar-refractivity contribution in [1.82, 2.24) is 0 Å². The highest BCUT2D eigenvalue weighted by Crippen LogP contribution is 2.30. The van der Waals surface area contributed by atoms with E-state index in [9.17, 15) is 5.11 Å². The highest BCUT2D eigenvalue weighted by Gasteiger charge is 2.25. The van der Waals surface area contributed by atoms with Crippen molar-refractivity contribution in [3.63, 3.8) is 0 Å². The fourth-order valence-corrected chi connectivity index (χ4v) is 2.44. The van der Waals surface area contributed by atoms with E-state index in [1.54, 1.807) is 6.07 Å². The molecule has 1 fully saturated rings. The lowest BCUT2D eigenvalue weighted by molar-refractivity contribution is 0.172. The number of rotatable bonds is 2. The van der Waals surface area contributed by atoms with Crippen molar-refractivity contribution in [2.75, 3.05) is 5.32 Å². The molecule has 1 aromatic rings. The smallest absolute Gasteiger partial charge is 0.101 e. The van der Waals surface area contributed by atoms with Gasteiger partial charge < -0.3 is 10.4 Å². The van der Waals surface area contributed by atoms with Gasteiger partial charge in [-0.25, -0.2) is 0 Å². The lowest BCUT2D eigenvalue weighted by Crippen LogP contribution is -2.28. The third-order valence-corrected chi connectivity index (χ3v) is 3.81. The molecule has 1 aromatic carbocycles. The predicted octanol–water partition coefficient (Wildman–Crippen LogP) is 2.85. The van der Waals surface area contributed by atoms with Gasteiger partial charge in [0.05, 0.1) is 22.7 Å². The molecule has 4 heteroatoms. The van der Waals surface area contributed by atoms with E-state index in [2.05, 4.69) is 11.4 Å². The van der Waals surface area contributed by atoms with Gasteiger partial charge in [0.1, 0.15) is 6.07 Å². The number of anilines is 1. The van der Waals surface area contributed by atoms with Gasteiger partial charge in [-0.1, -0.05) is 11.6 Å². The van der Waals surface area contributed by atoms with Crippen LogP contribution in [0.4, 0.5) is 5.69 Å². The largest absolute Gasteiger partial charge is 0.391 e. The van der Waals surface area contributed by atoms with E-state index in [1.165, 1.54) is 0 Å². The minimum Gasteiger partial charge on any atom is -0.391 e. The van der Waals surface area contributed by atoms with Gasteiger partial charge in [-0.2, -0.15) is 5.26 Å². The van der Waals surface area contributed by atoms with Crippen LogP contribution in [0.5, 0.6) is 0 Å². The third kappa shape index (κ3) is 2.38. The second-order valence-electron chi connectivity index (χ2n) is 4.46. The zero-order valence-corrected chi connectivity index (χ0v) is 10.5. The van der Waals surface area contributed by atoms with Crippen LogP contribution in [-0.4, -0.2) is 17.3 Å². The topological polar surface area (TPSA) is 56.0 Å². The summed E-state index contributed by atoms with van der Waals surface area (Å²) in [6, 6.07) is 5.71. The second kappa shape index (κ2) is 4.95. The van der Waals surface area contributed by atoms with E-state index in [1.807, 2.05) is 13.0 Å². The maximum absolute atomic E-state index is 9.76. The molecular weight excluding hydrogens is 236 g/mol. The van der Waals surface area contributed by atoms with Crippen LogP contribution in [0.2, 0.25) is 5.02 Å². The van der Waals surface area contributed by atoms with Gasteiger partial charge >= 0.3 is 0 Å². The van der Waals surface area contributed by atoms with Crippen LogP contribution in [0.15, 0.2) is 12.1 Å². The number of halogens is 1. The third-order valence-electron chi connectivity index (χ3n) is 3.33. The van der Waals surface area contributed by atoms with Gasteiger partial charge in [-0.05, 0) is 43.9 Å². The minimum absolute atomic E-state index is 0.0951. The Morgan fingerprint density at radius 3 is 2.82 bits per heavy atom. The molecule has 90 valence electrons. The fraction of sp³-hybridized carbons (Fsp3) is 0.462. The van der Waals surface area contributed by atoms with Gasteiger partial charge in [0.15, 0.2) is 0 Å². The summed E-state index contributed by atoms with van der Waals surface area (Å²) < 4.78 is 0. The number of nitrogens with zero attached hydrogens (tertiary/aromatic N) is 1. The molecule has 3 nitrogen and oxygen atoms in total. The number of benzene rings is 1. The zero-order valence-electron chi connectivity index (χ0n) is 9.70. The first-order valence-corrected chi connectivity index (χ1v) is 6.15. The Hall–Kier alpha value is -1.24. The van der Waals surface area contributed by atoms with Crippen LogP contribution in [0.25, 0.3) is 0 Å². The van der Waals surface area contributed by atoms with E-state index in [0.717, 1.165) is 30.5 Å². The van der Waals surface area contributed by atoms with E-state index >= 15 is 0 Å². The van der Waals surface area contributed by atoms with Crippen molar-refractivity contribution in [2.24, 2.45) is 0 Å². The molecule has 0 radical (unpaired) electrons. The molecule has 2 atom stereocenters. The lowest BCUT2D eigenvalue weighted by atomic mass is 10.1. The van der Waals surface area contributed by atoms with Crippen molar-refractivity contribution < 1.29 is 5.11 Å². The molecule has 0 amide bonds. The molecule has 0 saturated heterocycles. The van der Waals surface area contributed by atoms with Gasteiger partial charge in [-0.15, -0.1) is 0 Å². The summed E-state index contributed by atoms with van der Waals surface area (Å²) in [7, 11) is 0. The number of nitrogens with one attached hydrogen (secondary N) is 1. The summed E-state index contributed by atoms with van der Waals surface area (Å²) >= 11 is 6.10.